The standard InChI is InChI=1S/C13H27N3OS.2ClH/c1-3-16(4-2)9-10-18-11-13(17)15-12-5-7-14-8-6-12;;/h12,14H,3-11H2,1-2H3,(H,15,17);2*1H. The largest absolute Gasteiger partial charge is 0.353 e. The molecule has 7 heteroatoms. The Kier molecular flexibility index (Phi) is 16.1. The van der Waals surface area contributed by atoms with Gasteiger partial charge in [-0.1, -0.05) is 13.8 Å². The Labute approximate surface area is 140 Å². The van der Waals surface area contributed by atoms with Crippen LogP contribution in [0.3, 0.4) is 0 Å². The minimum Gasteiger partial charge on any atom is -0.353 e. The second kappa shape index (κ2) is 14.3. The third-order valence-corrected chi connectivity index (χ3v) is 4.32. The van der Waals surface area contributed by atoms with Gasteiger partial charge in [-0.25, -0.2) is 0 Å². The average Bonchev–Trinajstić information content (AvgIpc) is 2.40. The van der Waals surface area contributed by atoms with Gasteiger partial charge in [0.05, 0.1) is 5.75 Å². The molecule has 20 heavy (non-hydrogen) atoms. The summed E-state index contributed by atoms with van der Waals surface area (Å²) in [4.78, 5) is 14.1. The van der Waals surface area contributed by atoms with Gasteiger partial charge in [0.15, 0.2) is 0 Å². The zero-order valence-electron chi connectivity index (χ0n) is 12.5. The van der Waals surface area contributed by atoms with Crippen LogP contribution in [0.5, 0.6) is 0 Å². The maximum absolute atomic E-state index is 11.7. The summed E-state index contributed by atoms with van der Waals surface area (Å²) in [6, 6.07) is 0.391. The fraction of sp³-hybridized carbons (Fsp3) is 0.923. The van der Waals surface area contributed by atoms with E-state index in [-0.39, 0.29) is 30.7 Å². The molecule has 0 unspecified atom stereocenters. The predicted molar refractivity (Wildman–Crippen MR) is 93.6 cm³/mol. The van der Waals surface area contributed by atoms with Crippen molar-refractivity contribution in [1.29, 1.82) is 0 Å². The van der Waals surface area contributed by atoms with Crippen molar-refractivity contribution >= 4 is 42.5 Å². The third kappa shape index (κ3) is 10.1. The molecule has 122 valence electrons. The number of hydrogen-bond acceptors (Lipinski definition) is 4. The van der Waals surface area contributed by atoms with Crippen LogP contribution in [0.1, 0.15) is 26.7 Å². The highest BCUT2D eigenvalue weighted by molar-refractivity contribution is 7.99. The second-order valence-electron chi connectivity index (χ2n) is 4.67. The van der Waals surface area contributed by atoms with E-state index in [4.69, 9.17) is 0 Å². The molecule has 0 bridgehead atoms. The molecule has 0 aromatic rings. The summed E-state index contributed by atoms with van der Waals surface area (Å²) in [7, 11) is 0. The average molecular weight is 346 g/mol. The molecule has 1 saturated heterocycles. The molecule has 2 N–H and O–H groups in total. The number of nitrogens with one attached hydrogen (secondary N) is 2. The first kappa shape index (κ1) is 22.6. The molecule has 0 aliphatic carbocycles. The lowest BCUT2D eigenvalue weighted by Gasteiger charge is -2.23. The van der Waals surface area contributed by atoms with Gasteiger partial charge in [-0.15, -0.1) is 24.8 Å². The highest BCUT2D eigenvalue weighted by atomic mass is 35.5. The summed E-state index contributed by atoms with van der Waals surface area (Å²) in [5.74, 6) is 1.85. The number of amides is 1. The first-order valence-corrected chi connectivity index (χ1v) is 8.21. The summed E-state index contributed by atoms with van der Waals surface area (Å²) in [5.41, 5.74) is 0. The minimum atomic E-state index is 0. The van der Waals surface area contributed by atoms with E-state index in [0.717, 1.165) is 51.3 Å². The van der Waals surface area contributed by atoms with E-state index in [0.29, 0.717) is 11.8 Å². The van der Waals surface area contributed by atoms with E-state index in [2.05, 4.69) is 29.4 Å². The molecule has 1 amide bonds. The fourth-order valence-electron chi connectivity index (χ4n) is 2.13. The zero-order chi connectivity index (χ0) is 13.2. The molecular weight excluding hydrogens is 317 g/mol. The summed E-state index contributed by atoms with van der Waals surface area (Å²) >= 11 is 1.74. The molecule has 0 atom stereocenters. The topological polar surface area (TPSA) is 44.4 Å². The SMILES string of the molecule is CCN(CC)CCSCC(=O)NC1CCNCC1.Cl.Cl. The summed E-state index contributed by atoms with van der Waals surface area (Å²) in [6.45, 7) is 9.69. The van der Waals surface area contributed by atoms with E-state index in [1.54, 1.807) is 11.8 Å². The van der Waals surface area contributed by atoms with Crippen LogP contribution in [0.2, 0.25) is 0 Å². The lowest BCUT2D eigenvalue weighted by Crippen LogP contribution is -2.43. The fourth-order valence-corrected chi connectivity index (χ4v) is 2.93. The Morgan fingerprint density at radius 3 is 2.40 bits per heavy atom. The van der Waals surface area contributed by atoms with Crippen molar-refractivity contribution in [3.05, 3.63) is 0 Å². The third-order valence-electron chi connectivity index (χ3n) is 3.38. The number of piperidine rings is 1. The lowest BCUT2D eigenvalue weighted by atomic mass is 10.1. The number of hydrogen-bond donors (Lipinski definition) is 2. The van der Waals surface area contributed by atoms with Gasteiger partial charge in [-0.3, -0.25) is 4.79 Å². The first-order valence-electron chi connectivity index (χ1n) is 7.06. The maximum Gasteiger partial charge on any atom is 0.230 e. The molecule has 0 radical (unpaired) electrons. The summed E-state index contributed by atoms with van der Waals surface area (Å²) in [5, 5.41) is 6.43. The quantitative estimate of drug-likeness (QED) is 0.658. The number of rotatable bonds is 8. The van der Waals surface area contributed by atoms with Gasteiger partial charge in [0.1, 0.15) is 0 Å². The van der Waals surface area contributed by atoms with Crippen molar-refractivity contribution in [2.24, 2.45) is 0 Å². The number of carbonyl (C=O) groups is 1. The molecule has 1 heterocycles. The molecule has 0 aromatic carbocycles. The summed E-state index contributed by atoms with van der Waals surface area (Å²) in [6.07, 6.45) is 2.13. The Balaban J connectivity index is 0. The normalized spacial score (nSPS) is 15.3. The first-order chi connectivity index (χ1) is 8.76. The minimum absolute atomic E-state index is 0. The van der Waals surface area contributed by atoms with Gasteiger partial charge >= 0.3 is 0 Å². The van der Waals surface area contributed by atoms with Crippen LogP contribution in [0, 0.1) is 0 Å². The zero-order valence-corrected chi connectivity index (χ0v) is 15.0. The van der Waals surface area contributed by atoms with Gasteiger partial charge < -0.3 is 15.5 Å². The smallest absolute Gasteiger partial charge is 0.230 e. The van der Waals surface area contributed by atoms with E-state index in [9.17, 15) is 4.79 Å². The van der Waals surface area contributed by atoms with Crippen LogP contribution in [0.4, 0.5) is 0 Å². The lowest BCUT2D eigenvalue weighted by molar-refractivity contribution is -0.119. The number of thioether (sulfide) groups is 1. The molecule has 1 aliphatic rings. The van der Waals surface area contributed by atoms with Crippen molar-refractivity contribution in [2.75, 3.05) is 44.2 Å². The van der Waals surface area contributed by atoms with E-state index in [1.807, 2.05) is 0 Å². The van der Waals surface area contributed by atoms with Crippen molar-refractivity contribution in [3.63, 3.8) is 0 Å². The number of halogens is 2. The van der Waals surface area contributed by atoms with Crippen LogP contribution < -0.4 is 10.6 Å². The Morgan fingerprint density at radius 2 is 1.85 bits per heavy atom. The van der Waals surface area contributed by atoms with E-state index < -0.39 is 0 Å². The van der Waals surface area contributed by atoms with Gasteiger partial charge in [0.2, 0.25) is 5.91 Å². The summed E-state index contributed by atoms with van der Waals surface area (Å²) < 4.78 is 0. The van der Waals surface area contributed by atoms with Gasteiger partial charge in [-0.2, -0.15) is 11.8 Å². The van der Waals surface area contributed by atoms with Gasteiger partial charge in [-0.05, 0) is 39.0 Å². The van der Waals surface area contributed by atoms with Crippen molar-refractivity contribution in [3.8, 4) is 0 Å². The number of carbonyl (C=O) groups excluding carboxylic acids is 1. The predicted octanol–water partition coefficient (Wildman–Crippen LogP) is 1.77. The highest BCUT2D eigenvalue weighted by Crippen LogP contribution is 2.04. The van der Waals surface area contributed by atoms with Gasteiger partial charge in [0.25, 0.3) is 0 Å². The van der Waals surface area contributed by atoms with Crippen LogP contribution in [-0.2, 0) is 4.79 Å². The number of nitrogens with zero attached hydrogens (tertiary/aromatic N) is 1. The van der Waals surface area contributed by atoms with Crippen molar-refractivity contribution in [2.45, 2.75) is 32.7 Å². The molecular formula is C13H29Cl2N3OS. The Morgan fingerprint density at radius 1 is 1.25 bits per heavy atom. The highest BCUT2D eigenvalue weighted by Gasteiger charge is 2.14. The molecule has 1 fully saturated rings. The van der Waals surface area contributed by atoms with Crippen molar-refractivity contribution in [1.82, 2.24) is 15.5 Å². The molecule has 1 rings (SSSR count). The van der Waals surface area contributed by atoms with Crippen LogP contribution in [0.25, 0.3) is 0 Å². The molecule has 4 nitrogen and oxygen atoms in total. The van der Waals surface area contributed by atoms with E-state index >= 15 is 0 Å². The molecule has 0 saturated carbocycles. The monoisotopic (exact) mass is 345 g/mol. The molecule has 0 spiro atoms. The van der Waals surface area contributed by atoms with Crippen molar-refractivity contribution < 1.29 is 4.79 Å². The second-order valence-corrected chi connectivity index (χ2v) is 5.78. The van der Waals surface area contributed by atoms with E-state index in [1.165, 1.54) is 0 Å². The van der Waals surface area contributed by atoms with Crippen LogP contribution >= 0.6 is 36.6 Å². The maximum atomic E-state index is 11.7. The Hall–Kier alpha value is 0.320. The van der Waals surface area contributed by atoms with Crippen LogP contribution in [0.15, 0.2) is 0 Å². The van der Waals surface area contributed by atoms with Gasteiger partial charge in [0, 0.05) is 18.3 Å². The van der Waals surface area contributed by atoms with Crippen LogP contribution in [-0.4, -0.2) is 61.1 Å². The molecule has 0 aromatic heterocycles. The Bertz CT molecular complexity index is 238. The molecule has 1 aliphatic heterocycles.